The molecule has 0 aromatic heterocycles. The fourth-order valence-corrected chi connectivity index (χ4v) is 2.37. The lowest BCUT2D eigenvalue weighted by atomic mass is 10.2. The molecule has 1 amide bonds. The molecule has 0 spiro atoms. The van der Waals surface area contributed by atoms with E-state index in [1.165, 1.54) is 12.8 Å². The fourth-order valence-electron chi connectivity index (χ4n) is 2.20. The van der Waals surface area contributed by atoms with Gasteiger partial charge in [-0.05, 0) is 25.8 Å². The lowest BCUT2D eigenvalue weighted by Gasteiger charge is -2.33. The molecule has 0 N–H and O–H groups in total. The van der Waals surface area contributed by atoms with Gasteiger partial charge < -0.3 is 14.5 Å². The molecule has 2 fully saturated rings. The number of halogens is 2. The molecule has 0 radical (unpaired) electrons. The van der Waals surface area contributed by atoms with E-state index in [0.29, 0.717) is 12.5 Å². The Bertz CT molecular complexity index is 275. The third-order valence-electron chi connectivity index (χ3n) is 3.41. The Morgan fingerprint density at radius 2 is 2.17 bits per heavy atom. The van der Waals surface area contributed by atoms with Gasteiger partial charge in [-0.25, -0.2) is 0 Å². The largest absolute Gasteiger partial charge is 0.374 e. The van der Waals surface area contributed by atoms with Gasteiger partial charge in [0, 0.05) is 26.2 Å². The van der Waals surface area contributed by atoms with Gasteiger partial charge in [0.15, 0.2) is 0 Å². The summed E-state index contributed by atoms with van der Waals surface area (Å²) in [6.45, 7) is 4.17. The van der Waals surface area contributed by atoms with Gasteiger partial charge in [-0.15, -0.1) is 24.0 Å². The first-order valence-corrected chi connectivity index (χ1v) is 6.86. The van der Waals surface area contributed by atoms with Crippen LogP contribution in [0.25, 0.3) is 0 Å². The Morgan fingerprint density at radius 3 is 2.72 bits per heavy atom. The maximum Gasteiger partial charge on any atom is 0.237 e. The number of hydrogen-bond acceptors (Lipinski definition) is 3. The van der Waals surface area contributed by atoms with Gasteiger partial charge in [0.25, 0.3) is 0 Å². The second kappa shape index (κ2) is 7.53. The molecule has 18 heavy (non-hydrogen) atoms. The van der Waals surface area contributed by atoms with Crippen molar-refractivity contribution in [3.05, 3.63) is 0 Å². The minimum Gasteiger partial charge on any atom is -0.374 e. The van der Waals surface area contributed by atoms with Crippen molar-refractivity contribution < 1.29 is 9.53 Å². The zero-order chi connectivity index (χ0) is 12.3. The van der Waals surface area contributed by atoms with Crippen LogP contribution in [0.4, 0.5) is 0 Å². The Kier molecular flexibility index (Phi) is 6.71. The predicted octanol–water partition coefficient (Wildman–Crippen LogP) is 1.22. The summed E-state index contributed by atoms with van der Waals surface area (Å²) < 4.78 is 5.70. The van der Waals surface area contributed by atoms with Crippen molar-refractivity contribution in [2.75, 3.05) is 45.7 Å². The van der Waals surface area contributed by atoms with Crippen LogP contribution < -0.4 is 0 Å². The number of nitrogens with zero attached hydrogens (tertiary/aromatic N) is 2. The Balaban J connectivity index is 0.00000162. The molecule has 1 heterocycles. The van der Waals surface area contributed by atoms with Crippen LogP contribution in [0.3, 0.4) is 0 Å². The summed E-state index contributed by atoms with van der Waals surface area (Å²) in [6, 6.07) is 0. The monoisotopic (exact) mass is 296 g/mol. The first-order valence-electron chi connectivity index (χ1n) is 6.33. The van der Waals surface area contributed by atoms with E-state index in [4.69, 9.17) is 16.3 Å². The lowest BCUT2D eigenvalue weighted by molar-refractivity contribution is -0.132. The van der Waals surface area contributed by atoms with Crippen LogP contribution in [0.5, 0.6) is 0 Å². The topological polar surface area (TPSA) is 32.8 Å². The van der Waals surface area contributed by atoms with Crippen LogP contribution in [0.1, 0.15) is 12.8 Å². The molecule has 1 unspecified atom stereocenters. The van der Waals surface area contributed by atoms with Crippen LogP contribution in [0.2, 0.25) is 0 Å². The van der Waals surface area contributed by atoms with Gasteiger partial charge in [-0.3, -0.25) is 4.79 Å². The average Bonchev–Trinajstić information content (AvgIpc) is 3.11. The molecule has 0 aromatic rings. The number of rotatable bonds is 5. The molecule has 0 aromatic carbocycles. The second-order valence-electron chi connectivity index (χ2n) is 5.13. The summed E-state index contributed by atoms with van der Waals surface area (Å²) >= 11 is 5.65. The van der Waals surface area contributed by atoms with Crippen LogP contribution in [0.15, 0.2) is 0 Å². The van der Waals surface area contributed by atoms with Crippen LogP contribution in [-0.2, 0) is 9.53 Å². The van der Waals surface area contributed by atoms with Gasteiger partial charge in [0.05, 0.1) is 12.7 Å². The van der Waals surface area contributed by atoms with E-state index in [1.807, 2.05) is 4.90 Å². The van der Waals surface area contributed by atoms with Gasteiger partial charge in [-0.1, -0.05) is 0 Å². The fraction of sp³-hybridized carbons (Fsp3) is 0.917. The number of alkyl halides is 1. The van der Waals surface area contributed by atoms with Crippen molar-refractivity contribution in [2.45, 2.75) is 18.9 Å². The molecular formula is C12H22Cl2N2O2. The van der Waals surface area contributed by atoms with Crippen LogP contribution in [0, 0.1) is 5.92 Å². The van der Waals surface area contributed by atoms with Crippen LogP contribution in [-0.4, -0.2) is 67.5 Å². The maximum atomic E-state index is 11.8. The average molecular weight is 297 g/mol. The smallest absolute Gasteiger partial charge is 0.237 e. The van der Waals surface area contributed by atoms with E-state index in [2.05, 4.69) is 11.9 Å². The zero-order valence-electron chi connectivity index (χ0n) is 10.8. The van der Waals surface area contributed by atoms with E-state index in [0.717, 1.165) is 26.2 Å². The Labute approximate surface area is 120 Å². The molecule has 1 aliphatic heterocycles. The highest BCUT2D eigenvalue weighted by Gasteiger charge is 2.29. The number of amides is 1. The van der Waals surface area contributed by atoms with Crippen molar-refractivity contribution in [3.8, 4) is 0 Å². The van der Waals surface area contributed by atoms with Crippen molar-refractivity contribution in [3.63, 3.8) is 0 Å². The summed E-state index contributed by atoms with van der Waals surface area (Å²) in [4.78, 5) is 15.9. The van der Waals surface area contributed by atoms with E-state index in [1.54, 1.807) is 0 Å². The Hall–Kier alpha value is -0.0300. The quantitative estimate of drug-likeness (QED) is 0.715. The summed E-state index contributed by atoms with van der Waals surface area (Å²) in [7, 11) is 2.09. The number of carbonyl (C=O) groups excluding carboxylic acids is 1. The SMILES string of the molecule is CN1CCOC(CN(CC2CC2)C(=O)CCl)C1.Cl. The minimum absolute atomic E-state index is 0. The highest BCUT2D eigenvalue weighted by atomic mass is 35.5. The first kappa shape index (κ1) is 16.0. The minimum atomic E-state index is 0. The number of ether oxygens (including phenoxy) is 1. The zero-order valence-corrected chi connectivity index (χ0v) is 12.4. The van der Waals surface area contributed by atoms with E-state index in [-0.39, 0.29) is 30.3 Å². The molecule has 2 aliphatic rings. The summed E-state index contributed by atoms with van der Waals surface area (Å²) in [5.74, 6) is 0.814. The number of likely N-dealkylation sites (N-methyl/N-ethyl adjacent to an activating group) is 1. The van der Waals surface area contributed by atoms with Crippen molar-refractivity contribution >= 4 is 29.9 Å². The molecule has 106 valence electrons. The molecule has 6 heteroatoms. The number of morpholine rings is 1. The molecule has 0 bridgehead atoms. The summed E-state index contributed by atoms with van der Waals surface area (Å²) in [6.07, 6.45) is 2.63. The third-order valence-corrected chi connectivity index (χ3v) is 3.64. The van der Waals surface area contributed by atoms with Crippen molar-refractivity contribution in [1.29, 1.82) is 0 Å². The summed E-state index contributed by atoms with van der Waals surface area (Å²) in [5, 5.41) is 0. The highest BCUT2D eigenvalue weighted by Crippen LogP contribution is 2.30. The van der Waals surface area contributed by atoms with Gasteiger partial charge >= 0.3 is 0 Å². The third kappa shape index (κ3) is 4.92. The standard InChI is InChI=1S/C12H21ClN2O2.ClH/c1-14-4-5-17-11(8-14)9-15(12(16)6-13)7-10-2-3-10;/h10-11H,2-9H2,1H3;1H. The molecule has 1 aliphatic carbocycles. The van der Waals surface area contributed by atoms with Crippen LogP contribution >= 0.6 is 24.0 Å². The van der Waals surface area contributed by atoms with E-state index < -0.39 is 0 Å². The van der Waals surface area contributed by atoms with Crippen molar-refractivity contribution in [1.82, 2.24) is 9.80 Å². The van der Waals surface area contributed by atoms with Gasteiger partial charge in [0.1, 0.15) is 5.88 Å². The number of carbonyl (C=O) groups is 1. The first-order chi connectivity index (χ1) is 8.19. The lowest BCUT2D eigenvalue weighted by Crippen LogP contribution is -2.48. The van der Waals surface area contributed by atoms with Gasteiger partial charge in [-0.2, -0.15) is 0 Å². The molecule has 1 atom stereocenters. The highest BCUT2D eigenvalue weighted by molar-refractivity contribution is 6.27. The molecule has 4 nitrogen and oxygen atoms in total. The van der Waals surface area contributed by atoms with E-state index >= 15 is 0 Å². The normalized spacial score (nSPS) is 24.4. The molecule has 1 saturated carbocycles. The maximum absolute atomic E-state index is 11.8. The van der Waals surface area contributed by atoms with E-state index in [9.17, 15) is 4.79 Å². The van der Waals surface area contributed by atoms with Crippen molar-refractivity contribution in [2.24, 2.45) is 5.92 Å². The summed E-state index contributed by atoms with van der Waals surface area (Å²) in [5.41, 5.74) is 0. The molecular weight excluding hydrogens is 275 g/mol. The number of hydrogen-bond donors (Lipinski definition) is 0. The Morgan fingerprint density at radius 1 is 1.44 bits per heavy atom. The molecule has 2 rings (SSSR count). The predicted molar refractivity (Wildman–Crippen MR) is 74.5 cm³/mol. The second-order valence-corrected chi connectivity index (χ2v) is 5.40. The molecule has 1 saturated heterocycles. The van der Waals surface area contributed by atoms with Gasteiger partial charge in [0.2, 0.25) is 5.91 Å².